The van der Waals surface area contributed by atoms with Gasteiger partial charge in [-0.1, -0.05) is 23.7 Å². The van der Waals surface area contributed by atoms with Gasteiger partial charge >= 0.3 is 0 Å². The van der Waals surface area contributed by atoms with E-state index in [2.05, 4.69) is 46.5 Å². The lowest BCUT2D eigenvalue weighted by atomic mass is 10.0. The van der Waals surface area contributed by atoms with Crippen LogP contribution in [0.3, 0.4) is 0 Å². The molecule has 1 aliphatic heterocycles. The molecule has 0 saturated carbocycles. The minimum atomic E-state index is 0. The Labute approximate surface area is 194 Å². The Bertz CT molecular complexity index is 741. The standard InChI is InChI=1S/C20H28ClN5S.HI/c1-3-22-20(24-13-19-23-12-15(2)27-19)25-18-8-10-26(11-9-18)14-16-4-6-17(21)7-5-16;/h4-7,12,18H,3,8-11,13-14H2,1-2H3,(H2,22,24,25);1H. The van der Waals surface area contributed by atoms with Crippen LogP contribution in [0.15, 0.2) is 35.5 Å². The van der Waals surface area contributed by atoms with E-state index in [0.717, 1.165) is 55.0 Å². The molecular weight excluding hydrogens is 505 g/mol. The van der Waals surface area contributed by atoms with Crippen LogP contribution in [0.1, 0.15) is 35.2 Å². The predicted octanol–water partition coefficient (Wildman–Crippen LogP) is 4.44. The maximum Gasteiger partial charge on any atom is 0.191 e. The van der Waals surface area contributed by atoms with Gasteiger partial charge in [0.25, 0.3) is 0 Å². The summed E-state index contributed by atoms with van der Waals surface area (Å²) in [5, 5.41) is 8.80. The van der Waals surface area contributed by atoms with Crippen LogP contribution in [-0.4, -0.2) is 41.5 Å². The second-order valence-corrected chi connectivity index (χ2v) is 8.64. The molecule has 2 heterocycles. The average Bonchev–Trinajstić information content (AvgIpc) is 3.09. The van der Waals surface area contributed by atoms with Crippen LogP contribution in [0.2, 0.25) is 5.02 Å². The second kappa shape index (κ2) is 11.9. The van der Waals surface area contributed by atoms with Crippen LogP contribution in [0.4, 0.5) is 0 Å². The Balaban J connectivity index is 0.00000280. The van der Waals surface area contributed by atoms with Gasteiger partial charge in [0.05, 0.1) is 6.54 Å². The molecule has 2 aromatic rings. The predicted molar refractivity (Wildman–Crippen MR) is 130 cm³/mol. The molecule has 0 spiro atoms. The topological polar surface area (TPSA) is 52.6 Å². The van der Waals surface area contributed by atoms with Crippen molar-refractivity contribution in [2.24, 2.45) is 4.99 Å². The van der Waals surface area contributed by atoms with Crippen molar-refractivity contribution in [3.63, 3.8) is 0 Å². The van der Waals surface area contributed by atoms with E-state index in [1.165, 1.54) is 10.4 Å². The van der Waals surface area contributed by atoms with Crippen LogP contribution in [-0.2, 0) is 13.1 Å². The molecule has 3 rings (SSSR count). The van der Waals surface area contributed by atoms with Gasteiger partial charge in [-0.3, -0.25) is 4.90 Å². The lowest BCUT2D eigenvalue weighted by molar-refractivity contribution is 0.198. The number of hydrogen-bond acceptors (Lipinski definition) is 4. The van der Waals surface area contributed by atoms with E-state index < -0.39 is 0 Å². The number of rotatable bonds is 6. The molecule has 8 heteroatoms. The van der Waals surface area contributed by atoms with E-state index in [4.69, 9.17) is 16.6 Å². The van der Waals surface area contributed by atoms with Gasteiger partial charge in [-0.05, 0) is 44.4 Å². The van der Waals surface area contributed by atoms with Crippen molar-refractivity contribution in [3.8, 4) is 0 Å². The summed E-state index contributed by atoms with van der Waals surface area (Å²) in [5.74, 6) is 0.890. The van der Waals surface area contributed by atoms with Crippen LogP contribution in [0.5, 0.6) is 0 Å². The van der Waals surface area contributed by atoms with Gasteiger partial charge in [0.15, 0.2) is 5.96 Å². The molecule has 1 aliphatic rings. The molecule has 0 amide bonds. The Morgan fingerprint density at radius 2 is 2.00 bits per heavy atom. The first-order chi connectivity index (χ1) is 13.1. The van der Waals surface area contributed by atoms with Crippen LogP contribution in [0.25, 0.3) is 0 Å². The summed E-state index contributed by atoms with van der Waals surface area (Å²) >= 11 is 7.68. The van der Waals surface area contributed by atoms with Gasteiger partial charge in [-0.25, -0.2) is 9.98 Å². The van der Waals surface area contributed by atoms with E-state index in [9.17, 15) is 0 Å². The SMILES string of the molecule is CCNC(=NCc1ncc(C)s1)NC1CCN(Cc2ccc(Cl)cc2)CC1.I. The fraction of sp³-hybridized carbons (Fsp3) is 0.500. The highest BCUT2D eigenvalue weighted by molar-refractivity contribution is 14.0. The minimum Gasteiger partial charge on any atom is -0.357 e. The third kappa shape index (κ3) is 7.50. The smallest absolute Gasteiger partial charge is 0.191 e. The molecule has 154 valence electrons. The zero-order valence-electron chi connectivity index (χ0n) is 16.4. The van der Waals surface area contributed by atoms with Crippen LogP contribution >= 0.6 is 46.9 Å². The Hall–Kier alpha value is -0.900. The molecule has 0 radical (unpaired) electrons. The number of nitrogens with one attached hydrogen (secondary N) is 2. The van der Waals surface area contributed by atoms with Crippen molar-refractivity contribution in [2.75, 3.05) is 19.6 Å². The van der Waals surface area contributed by atoms with Gasteiger partial charge in [0, 0.05) is 48.3 Å². The Morgan fingerprint density at radius 3 is 2.61 bits per heavy atom. The maximum absolute atomic E-state index is 5.97. The van der Waals surface area contributed by atoms with Crippen LogP contribution < -0.4 is 10.6 Å². The van der Waals surface area contributed by atoms with Gasteiger partial charge in [0.1, 0.15) is 5.01 Å². The Morgan fingerprint density at radius 1 is 1.29 bits per heavy atom. The summed E-state index contributed by atoms with van der Waals surface area (Å²) in [6, 6.07) is 8.62. The number of halogens is 2. The fourth-order valence-electron chi connectivity index (χ4n) is 3.22. The van der Waals surface area contributed by atoms with Crippen molar-refractivity contribution in [3.05, 3.63) is 50.9 Å². The number of piperidine rings is 1. The number of nitrogens with zero attached hydrogens (tertiary/aromatic N) is 3. The van der Waals surface area contributed by atoms with Gasteiger partial charge in [-0.2, -0.15) is 0 Å². The quantitative estimate of drug-likeness (QED) is 0.327. The number of aryl methyl sites for hydroxylation is 1. The molecule has 28 heavy (non-hydrogen) atoms. The number of aliphatic imine (C=N–C) groups is 1. The monoisotopic (exact) mass is 533 g/mol. The molecule has 0 bridgehead atoms. The number of likely N-dealkylation sites (tertiary alicyclic amines) is 1. The molecule has 2 N–H and O–H groups in total. The highest BCUT2D eigenvalue weighted by Crippen LogP contribution is 2.16. The van der Waals surface area contributed by atoms with E-state index >= 15 is 0 Å². The van der Waals surface area contributed by atoms with Crippen molar-refractivity contribution >= 4 is 52.9 Å². The Kier molecular flexibility index (Phi) is 9.98. The van der Waals surface area contributed by atoms with Crippen LogP contribution in [0, 0.1) is 6.92 Å². The van der Waals surface area contributed by atoms with Crippen molar-refractivity contribution in [1.82, 2.24) is 20.5 Å². The summed E-state index contributed by atoms with van der Waals surface area (Å²) in [6.07, 6.45) is 4.15. The molecule has 1 fully saturated rings. The van der Waals surface area contributed by atoms with Gasteiger partial charge < -0.3 is 10.6 Å². The first-order valence-electron chi connectivity index (χ1n) is 9.55. The second-order valence-electron chi connectivity index (χ2n) is 6.88. The van der Waals surface area contributed by atoms with Crippen molar-refractivity contribution in [2.45, 2.75) is 45.8 Å². The molecular formula is C20H29ClIN5S. The summed E-state index contributed by atoms with van der Waals surface area (Å²) in [6.45, 7) is 8.82. The lowest BCUT2D eigenvalue weighted by Crippen LogP contribution is -2.48. The minimum absolute atomic E-state index is 0. The number of benzene rings is 1. The van der Waals surface area contributed by atoms with E-state index in [-0.39, 0.29) is 24.0 Å². The van der Waals surface area contributed by atoms with Gasteiger partial charge in [0.2, 0.25) is 0 Å². The maximum atomic E-state index is 5.97. The first-order valence-corrected chi connectivity index (χ1v) is 10.7. The number of thiazole rings is 1. The highest BCUT2D eigenvalue weighted by atomic mass is 127. The lowest BCUT2D eigenvalue weighted by Gasteiger charge is -2.33. The molecule has 1 saturated heterocycles. The van der Waals surface area contributed by atoms with Gasteiger partial charge in [-0.15, -0.1) is 35.3 Å². The number of hydrogen-bond donors (Lipinski definition) is 2. The largest absolute Gasteiger partial charge is 0.357 e. The molecule has 0 atom stereocenters. The van der Waals surface area contributed by atoms with E-state index in [1.807, 2.05) is 18.3 Å². The molecule has 0 aliphatic carbocycles. The highest BCUT2D eigenvalue weighted by Gasteiger charge is 2.20. The zero-order chi connectivity index (χ0) is 19.1. The van der Waals surface area contributed by atoms with E-state index in [1.54, 1.807) is 11.3 Å². The third-order valence-electron chi connectivity index (χ3n) is 4.63. The summed E-state index contributed by atoms with van der Waals surface area (Å²) in [7, 11) is 0. The number of guanidine groups is 1. The summed E-state index contributed by atoms with van der Waals surface area (Å²) in [5.41, 5.74) is 1.32. The number of aromatic nitrogens is 1. The summed E-state index contributed by atoms with van der Waals surface area (Å²) in [4.78, 5) is 12.8. The fourth-order valence-corrected chi connectivity index (χ4v) is 4.06. The van der Waals surface area contributed by atoms with Crippen molar-refractivity contribution in [1.29, 1.82) is 0 Å². The average molecular weight is 534 g/mol. The molecule has 5 nitrogen and oxygen atoms in total. The molecule has 1 aromatic carbocycles. The van der Waals surface area contributed by atoms with E-state index in [0.29, 0.717) is 12.6 Å². The zero-order valence-corrected chi connectivity index (χ0v) is 20.4. The van der Waals surface area contributed by atoms with Crippen molar-refractivity contribution < 1.29 is 0 Å². The third-order valence-corrected chi connectivity index (χ3v) is 5.78. The normalized spacial score (nSPS) is 15.9. The molecule has 0 unspecified atom stereocenters. The first kappa shape index (κ1) is 23.4. The molecule has 1 aromatic heterocycles. The summed E-state index contributed by atoms with van der Waals surface area (Å²) < 4.78 is 0.